The first-order chi connectivity index (χ1) is 10.3. The Labute approximate surface area is 129 Å². The maximum Gasteiger partial charge on any atom is 0.0677 e. The van der Waals surface area contributed by atoms with Crippen LogP contribution in [0.25, 0.3) is 10.8 Å². The molecule has 3 rings (SSSR count). The zero-order valence-electron chi connectivity index (χ0n) is 12.5. The van der Waals surface area contributed by atoms with Crippen molar-refractivity contribution in [2.24, 2.45) is 0 Å². The summed E-state index contributed by atoms with van der Waals surface area (Å²) in [5.41, 5.74) is 1.34. The highest BCUT2D eigenvalue weighted by molar-refractivity contribution is 7.12. The molecule has 2 nitrogen and oxygen atoms in total. The van der Waals surface area contributed by atoms with E-state index >= 15 is 0 Å². The van der Waals surface area contributed by atoms with Gasteiger partial charge in [0.15, 0.2) is 0 Å². The summed E-state index contributed by atoms with van der Waals surface area (Å²) in [5.74, 6) is 0. The van der Waals surface area contributed by atoms with Crippen LogP contribution in [0.15, 0.2) is 48.8 Å². The molecule has 1 aromatic carbocycles. The summed E-state index contributed by atoms with van der Waals surface area (Å²) < 4.78 is 0. The Hall–Kier alpha value is -1.71. The van der Waals surface area contributed by atoms with Gasteiger partial charge < -0.3 is 5.32 Å². The first kappa shape index (κ1) is 14.2. The normalized spacial score (nSPS) is 12.7. The second kappa shape index (κ2) is 6.37. The Morgan fingerprint density at radius 3 is 2.86 bits per heavy atom. The zero-order valence-corrected chi connectivity index (χ0v) is 13.3. The van der Waals surface area contributed by atoms with Gasteiger partial charge in [-0.05, 0) is 49.0 Å². The molecule has 1 unspecified atom stereocenters. The lowest BCUT2D eigenvalue weighted by Gasteiger charge is -2.19. The Balaban J connectivity index is 2.09. The number of pyridine rings is 1. The summed E-state index contributed by atoms with van der Waals surface area (Å²) in [6, 6.07) is 13.3. The van der Waals surface area contributed by atoms with Gasteiger partial charge in [-0.3, -0.25) is 4.98 Å². The molecular weight excluding hydrogens is 276 g/mol. The molecule has 3 aromatic rings. The van der Waals surface area contributed by atoms with Gasteiger partial charge in [0.25, 0.3) is 0 Å². The number of hydrogen-bond donors (Lipinski definition) is 1. The number of thiophene rings is 1. The zero-order chi connectivity index (χ0) is 14.7. The van der Waals surface area contributed by atoms with E-state index < -0.39 is 0 Å². The van der Waals surface area contributed by atoms with E-state index in [0.717, 1.165) is 13.0 Å². The molecule has 0 saturated heterocycles. The van der Waals surface area contributed by atoms with Crippen molar-refractivity contribution in [3.8, 4) is 0 Å². The quantitative estimate of drug-likeness (QED) is 0.738. The highest BCUT2D eigenvalue weighted by Crippen LogP contribution is 2.32. The van der Waals surface area contributed by atoms with Crippen LogP contribution in [0.4, 0.5) is 0 Å². The molecule has 0 spiro atoms. The third-order valence-electron chi connectivity index (χ3n) is 3.67. The van der Waals surface area contributed by atoms with Gasteiger partial charge in [0.05, 0.1) is 6.04 Å². The summed E-state index contributed by atoms with van der Waals surface area (Å²) in [6.45, 7) is 5.39. The Bertz CT molecular complexity index is 727. The molecule has 0 bridgehead atoms. The van der Waals surface area contributed by atoms with Gasteiger partial charge in [-0.2, -0.15) is 0 Å². The van der Waals surface area contributed by atoms with Crippen LogP contribution < -0.4 is 5.32 Å². The van der Waals surface area contributed by atoms with Crippen LogP contribution in [0, 0.1) is 6.92 Å². The first-order valence-corrected chi connectivity index (χ1v) is 8.23. The van der Waals surface area contributed by atoms with Crippen molar-refractivity contribution in [2.45, 2.75) is 26.3 Å². The van der Waals surface area contributed by atoms with Gasteiger partial charge in [0, 0.05) is 27.5 Å². The minimum absolute atomic E-state index is 0.259. The van der Waals surface area contributed by atoms with Crippen LogP contribution >= 0.6 is 11.3 Å². The van der Waals surface area contributed by atoms with E-state index in [1.54, 1.807) is 0 Å². The van der Waals surface area contributed by atoms with Crippen LogP contribution in [-0.2, 0) is 0 Å². The topological polar surface area (TPSA) is 24.9 Å². The standard InChI is InChI=1S/C18H20N2S/c1-3-10-20-18(17-8-7-13(2)21-17)16-6-4-5-14-12-19-11-9-15(14)16/h4-9,11-12,18,20H,3,10H2,1-2H3. The number of aromatic nitrogens is 1. The van der Waals surface area contributed by atoms with E-state index in [1.807, 2.05) is 23.7 Å². The molecule has 1 N–H and O–H groups in total. The van der Waals surface area contributed by atoms with E-state index in [1.165, 1.54) is 26.1 Å². The van der Waals surface area contributed by atoms with Gasteiger partial charge >= 0.3 is 0 Å². The highest BCUT2D eigenvalue weighted by atomic mass is 32.1. The molecule has 2 heterocycles. The fraction of sp³-hybridized carbons (Fsp3) is 0.278. The van der Waals surface area contributed by atoms with Crippen molar-refractivity contribution in [2.75, 3.05) is 6.54 Å². The molecule has 21 heavy (non-hydrogen) atoms. The number of hydrogen-bond acceptors (Lipinski definition) is 3. The molecule has 0 amide bonds. The average Bonchev–Trinajstić information content (AvgIpc) is 2.94. The van der Waals surface area contributed by atoms with Crippen LogP contribution in [0.3, 0.4) is 0 Å². The number of nitrogens with one attached hydrogen (secondary N) is 1. The van der Waals surface area contributed by atoms with Crippen molar-refractivity contribution >= 4 is 22.1 Å². The SMILES string of the molecule is CCCNC(c1ccc(C)s1)c1cccc2cnccc12. The molecule has 0 fully saturated rings. The molecule has 0 aliphatic rings. The van der Waals surface area contributed by atoms with Crippen molar-refractivity contribution in [1.29, 1.82) is 0 Å². The number of benzene rings is 1. The monoisotopic (exact) mass is 296 g/mol. The summed E-state index contributed by atoms with van der Waals surface area (Å²) in [5, 5.41) is 6.18. The van der Waals surface area contributed by atoms with E-state index in [2.05, 4.69) is 60.5 Å². The van der Waals surface area contributed by atoms with E-state index in [4.69, 9.17) is 0 Å². The van der Waals surface area contributed by atoms with Crippen molar-refractivity contribution in [3.63, 3.8) is 0 Å². The molecule has 3 heteroatoms. The van der Waals surface area contributed by atoms with Crippen molar-refractivity contribution < 1.29 is 0 Å². The largest absolute Gasteiger partial charge is 0.306 e. The summed E-state index contributed by atoms with van der Waals surface area (Å²) in [6.07, 6.45) is 4.95. The van der Waals surface area contributed by atoms with Crippen LogP contribution in [0.1, 0.15) is 34.7 Å². The number of nitrogens with zero attached hydrogens (tertiary/aromatic N) is 1. The fourth-order valence-electron chi connectivity index (χ4n) is 2.66. The maximum absolute atomic E-state index is 4.23. The molecule has 1 atom stereocenters. The van der Waals surface area contributed by atoms with Gasteiger partial charge in [0.1, 0.15) is 0 Å². The Morgan fingerprint density at radius 1 is 1.19 bits per heavy atom. The molecular formula is C18H20N2S. The van der Waals surface area contributed by atoms with Crippen molar-refractivity contribution in [3.05, 3.63) is 64.1 Å². The average molecular weight is 296 g/mol. The third-order valence-corrected chi connectivity index (χ3v) is 4.74. The Kier molecular flexibility index (Phi) is 4.32. The Morgan fingerprint density at radius 2 is 2.10 bits per heavy atom. The predicted molar refractivity (Wildman–Crippen MR) is 90.9 cm³/mol. The molecule has 108 valence electrons. The highest BCUT2D eigenvalue weighted by Gasteiger charge is 2.17. The fourth-order valence-corrected chi connectivity index (χ4v) is 3.63. The molecule has 0 radical (unpaired) electrons. The van der Waals surface area contributed by atoms with Gasteiger partial charge in [-0.1, -0.05) is 25.1 Å². The molecule has 0 aliphatic heterocycles. The van der Waals surface area contributed by atoms with Gasteiger partial charge in [-0.15, -0.1) is 11.3 Å². The second-order valence-electron chi connectivity index (χ2n) is 5.28. The minimum Gasteiger partial charge on any atom is -0.306 e. The van der Waals surface area contributed by atoms with Gasteiger partial charge in [0.2, 0.25) is 0 Å². The minimum atomic E-state index is 0.259. The first-order valence-electron chi connectivity index (χ1n) is 7.42. The van der Waals surface area contributed by atoms with Crippen LogP contribution in [0.5, 0.6) is 0 Å². The lowest BCUT2D eigenvalue weighted by Crippen LogP contribution is -2.22. The second-order valence-corrected chi connectivity index (χ2v) is 6.60. The molecule has 0 aliphatic carbocycles. The summed E-state index contributed by atoms with van der Waals surface area (Å²) >= 11 is 1.87. The number of rotatable bonds is 5. The van der Waals surface area contributed by atoms with Crippen molar-refractivity contribution in [1.82, 2.24) is 10.3 Å². The van der Waals surface area contributed by atoms with E-state index in [-0.39, 0.29) is 6.04 Å². The number of aryl methyl sites for hydroxylation is 1. The van der Waals surface area contributed by atoms with Gasteiger partial charge in [-0.25, -0.2) is 0 Å². The predicted octanol–water partition coefficient (Wildman–Crippen LogP) is 4.69. The molecule has 0 saturated carbocycles. The smallest absolute Gasteiger partial charge is 0.0677 e. The third kappa shape index (κ3) is 2.99. The summed E-state index contributed by atoms with van der Waals surface area (Å²) in [4.78, 5) is 6.97. The summed E-state index contributed by atoms with van der Waals surface area (Å²) in [7, 11) is 0. The van der Waals surface area contributed by atoms with Crippen LogP contribution in [-0.4, -0.2) is 11.5 Å². The van der Waals surface area contributed by atoms with E-state index in [0.29, 0.717) is 0 Å². The number of fused-ring (bicyclic) bond motifs is 1. The molecule has 2 aromatic heterocycles. The van der Waals surface area contributed by atoms with Crippen LogP contribution in [0.2, 0.25) is 0 Å². The lowest BCUT2D eigenvalue weighted by atomic mass is 9.99. The maximum atomic E-state index is 4.23. The lowest BCUT2D eigenvalue weighted by molar-refractivity contribution is 0.609. The van der Waals surface area contributed by atoms with E-state index in [9.17, 15) is 0 Å².